The van der Waals surface area contributed by atoms with Gasteiger partial charge < -0.3 is 9.47 Å². The Morgan fingerprint density at radius 2 is 1.78 bits per heavy atom. The zero-order valence-electron chi connectivity index (χ0n) is 14.2. The maximum atomic E-state index is 13.8. The van der Waals surface area contributed by atoms with E-state index in [1.807, 2.05) is 0 Å². The summed E-state index contributed by atoms with van der Waals surface area (Å²) in [5, 5.41) is 1.55. The minimum Gasteiger partial charge on any atom is -0.497 e. The second-order valence-corrected chi connectivity index (χ2v) is 7.74. The van der Waals surface area contributed by atoms with Crippen molar-refractivity contribution < 1.29 is 26.7 Å². The Morgan fingerprint density at radius 3 is 2.41 bits per heavy atom. The highest BCUT2D eigenvalue weighted by atomic mass is 32.2. The third-order valence-electron chi connectivity index (χ3n) is 3.60. The topological polar surface area (TPSA) is 77.5 Å². The van der Waals surface area contributed by atoms with Crippen LogP contribution in [0.25, 0.3) is 11.3 Å². The van der Waals surface area contributed by atoms with E-state index >= 15 is 0 Å². The Bertz CT molecular complexity index is 1060. The highest BCUT2D eigenvalue weighted by Crippen LogP contribution is 2.35. The molecule has 6 nitrogen and oxygen atoms in total. The molecule has 1 heterocycles. The molecule has 0 aliphatic rings. The van der Waals surface area contributed by atoms with Gasteiger partial charge in [-0.25, -0.2) is 22.2 Å². The Morgan fingerprint density at radius 1 is 1.07 bits per heavy atom. The predicted molar refractivity (Wildman–Crippen MR) is 97.8 cm³/mol. The number of nitrogens with one attached hydrogen (secondary N) is 1. The lowest BCUT2D eigenvalue weighted by Gasteiger charge is -2.09. The number of benzene rings is 2. The van der Waals surface area contributed by atoms with Gasteiger partial charge in [-0.15, -0.1) is 11.3 Å². The quantitative estimate of drug-likeness (QED) is 0.664. The molecular weight excluding hydrogens is 398 g/mol. The lowest BCUT2D eigenvalue weighted by Crippen LogP contribution is -2.16. The standard InChI is InChI=1S/C17H14F2N2O4S2/c1-24-10-6-7-15(25-2)11(8-10)14-9-26-17(20-14)21-27(22,23)16-12(18)4-3-5-13(16)19/h3-9H,1-2H3,(H,20,21). The zero-order chi connectivity index (χ0) is 19.6. The van der Waals surface area contributed by atoms with Crippen molar-refractivity contribution in [2.45, 2.75) is 4.90 Å². The Labute approximate surface area is 158 Å². The van der Waals surface area contributed by atoms with E-state index in [0.717, 1.165) is 29.5 Å². The molecule has 0 radical (unpaired) electrons. The summed E-state index contributed by atoms with van der Waals surface area (Å²) in [7, 11) is -1.48. The number of anilines is 1. The van der Waals surface area contributed by atoms with Gasteiger partial charge >= 0.3 is 0 Å². The van der Waals surface area contributed by atoms with Gasteiger partial charge in [0.05, 0.1) is 19.9 Å². The lowest BCUT2D eigenvalue weighted by molar-refractivity contribution is 0.404. The van der Waals surface area contributed by atoms with Crippen LogP contribution in [0.4, 0.5) is 13.9 Å². The van der Waals surface area contributed by atoms with E-state index in [-0.39, 0.29) is 5.13 Å². The van der Waals surface area contributed by atoms with Crippen LogP contribution < -0.4 is 14.2 Å². The summed E-state index contributed by atoms with van der Waals surface area (Å²) in [6.45, 7) is 0. The molecule has 3 aromatic rings. The van der Waals surface area contributed by atoms with Crippen molar-refractivity contribution in [2.24, 2.45) is 0 Å². The van der Waals surface area contributed by atoms with E-state index in [0.29, 0.717) is 22.8 Å². The number of ether oxygens (including phenoxy) is 2. The molecule has 0 amide bonds. The minimum atomic E-state index is -4.48. The average molecular weight is 412 g/mol. The van der Waals surface area contributed by atoms with Crippen molar-refractivity contribution in [3.63, 3.8) is 0 Å². The van der Waals surface area contributed by atoms with Gasteiger partial charge in [-0.05, 0) is 30.3 Å². The van der Waals surface area contributed by atoms with E-state index in [4.69, 9.17) is 9.47 Å². The molecule has 0 spiro atoms. The Balaban J connectivity index is 1.95. The molecule has 142 valence electrons. The van der Waals surface area contributed by atoms with Crippen molar-refractivity contribution >= 4 is 26.5 Å². The monoisotopic (exact) mass is 412 g/mol. The van der Waals surface area contributed by atoms with Gasteiger partial charge in [-0.1, -0.05) is 6.07 Å². The van der Waals surface area contributed by atoms with Crippen LogP contribution in [-0.2, 0) is 10.0 Å². The van der Waals surface area contributed by atoms with Crippen molar-refractivity contribution in [2.75, 3.05) is 18.9 Å². The zero-order valence-corrected chi connectivity index (χ0v) is 15.8. The number of hydrogen-bond donors (Lipinski definition) is 1. The highest BCUT2D eigenvalue weighted by molar-refractivity contribution is 7.93. The average Bonchev–Trinajstić information content (AvgIpc) is 3.08. The van der Waals surface area contributed by atoms with Gasteiger partial charge in [0.15, 0.2) is 10.0 Å². The Kier molecular flexibility index (Phi) is 5.29. The smallest absolute Gasteiger partial charge is 0.269 e. The minimum absolute atomic E-state index is 0.0440. The molecule has 0 aliphatic heterocycles. The van der Waals surface area contributed by atoms with E-state index in [9.17, 15) is 17.2 Å². The van der Waals surface area contributed by atoms with E-state index in [1.165, 1.54) is 14.2 Å². The molecule has 2 aromatic carbocycles. The summed E-state index contributed by atoms with van der Waals surface area (Å²) in [6, 6.07) is 7.90. The number of methoxy groups -OCH3 is 2. The molecule has 27 heavy (non-hydrogen) atoms. The number of aromatic nitrogens is 1. The van der Waals surface area contributed by atoms with Crippen LogP contribution in [0.15, 0.2) is 46.7 Å². The van der Waals surface area contributed by atoms with Gasteiger partial charge in [0.2, 0.25) is 0 Å². The van der Waals surface area contributed by atoms with Gasteiger partial charge in [0.25, 0.3) is 10.0 Å². The summed E-state index contributed by atoms with van der Waals surface area (Å²) >= 11 is 0.968. The summed E-state index contributed by atoms with van der Waals surface area (Å²) in [5.74, 6) is -1.30. The molecule has 0 fully saturated rings. The third kappa shape index (κ3) is 3.86. The lowest BCUT2D eigenvalue weighted by atomic mass is 10.1. The fourth-order valence-electron chi connectivity index (χ4n) is 2.36. The first-order valence-electron chi connectivity index (χ1n) is 7.50. The maximum absolute atomic E-state index is 13.8. The molecule has 0 atom stereocenters. The van der Waals surface area contributed by atoms with Crippen molar-refractivity contribution in [3.8, 4) is 22.8 Å². The molecule has 0 aliphatic carbocycles. The third-order valence-corrected chi connectivity index (χ3v) is 5.87. The van der Waals surface area contributed by atoms with Crippen LogP contribution >= 0.6 is 11.3 Å². The number of sulfonamides is 1. The molecule has 0 saturated heterocycles. The van der Waals surface area contributed by atoms with E-state index < -0.39 is 26.6 Å². The largest absolute Gasteiger partial charge is 0.497 e. The van der Waals surface area contributed by atoms with Gasteiger partial charge in [0.1, 0.15) is 23.1 Å². The van der Waals surface area contributed by atoms with Crippen molar-refractivity contribution in [1.82, 2.24) is 4.98 Å². The first-order valence-corrected chi connectivity index (χ1v) is 9.86. The van der Waals surface area contributed by atoms with Crippen LogP contribution in [0.5, 0.6) is 11.5 Å². The molecule has 1 N–H and O–H groups in total. The fraction of sp³-hybridized carbons (Fsp3) is 0.118. The number of thiazole rings is 1. The summed E-state index contributed by atoms with van der Waals surface area (Å²) < 4.78 is 64.8. The maximum Gasteiger partial charge on any atom is 0.269 e. The second kappa shape index (κ2) is 7.49. The highest BCUT2D eigenvalue weighted by Gasteiger charge is 2.25. The number of halogens is 2. The predicted octanol–water partition coefficient (Wildman–Crippen LogP) is 3.91. The van der Waals surface area contributed by atoms with Crippen molar-refractivity contribution in [3.05, 3.63) is 53.4 Å². The van der Waals surface area contributed by atoms with Crippen LogP contribution in [0.1, 0.15) is 0 Å². The van der Waals surface area contributed by atoms with Crippen LogP contribution in [0.2, 0.25) is 0 Å². The van der Waals surface area contributed by atoms with Crippen LogP contribution in [-0.4, -0.2) is 27.6 Å². The van der Waals surface area contributed by atoms with Gasteiger partial charge in [0, 0.05) is 10.9 Å². The normalized spacial score (nSPS) is 11.3. The Hall–Kier alpha value is -2.72. The van der Waals surface area contributed by atoms with Crippen molar-refractivity contribution in [1.29, 1.82) is 0 Å². The first-order chi connectivity index (χ1) is 12.9. The number of hydrogen-bond acceptors (Lipinski definition) is 6. The number of nitrogens with zero attached hydrogens (tertiary/aromatic N) is 1. The second-order valence-electron chi connectivity index (χ2n) is 5.26. The number of rotatable bonds is 6. The van der Waals surface area contributed by atoms with Crippen LogP contribution in [0.3, 0.4) is 0 Å². The first kappa shape index (κ1) is 19.1. The molecule has 10 heteroatoms. The summed E-state index contributed by atoms with van der Waals surface area (Å²) in [4.78, 5) is 3.13. The van der Waals surface area contributed by atoms with E-state index in [2.05, 4.69) is 9.71 Å². The molecule has 0 unspecified atom stereocenters. The SMILES string of the molecule is COc1ccc(OC)c(-c2csc(NS(=O)(=O)c3c(F)cccc3F)n2)c1. The summed E-state index contributed by atoms with van der Waals surface area (Å²) in [6.07, 6.45) is 0. The van der Waals surface area contributed by atoms with Gasteiger partial charge in [-0.3, -0.25) is 4.72 Å². The molecule has 1 aromatic heterocycles. The molecular formula is C17H14F2N2O4S2. The van der Waals surface area contributed by atoms with Gasteiger partial charge in [-0.2, -0.15) is 0 Å². The summed E-state index contributed by atoms with van der Waals surface area (Å²) in [5.41, 5.74) is 0.998. The van der Waals surface area contributed by atoms with Crippen LogP contribution in [0, 0.1) is 11.6 Å². The molecule has 0 bridgehead atoms. The van der Waals surface area contributed by atoms with E-state index in [1.54, 1.807) is 23.6 Å². The molecule has 0 saturated carbocycles. The fourth-order valence-corrected chi connectivity index (χ4v) is 4.47. The molecule has 3 rings (SSSR count).